The molecule has 0 bridgehead atoms. The molecule has 3 rings (SSSR count). The van der Waals surface area contributed by atoms with Crippen LogP contribution in [0.3, 0.4) is 0 Å². The first-order chi connectivity index (χ1) is 11.0. The van der Waals surface area contributed by atoms with Gasteiger partial charge in [-0.15, -0.1) is 12.4 Å². The molecule has 1 aromatic rings. The van der Waals surface area contributed by atoms with Crippen LogP contribution in [0.15, 0.2) is 12.1 Å². The van der Waals surface area contributed by atoms with Crippen LogP contribution in [0.1, 0.15) is 43.9 Å². The van der Waals surface area contributed by atoms with E-state index in [0.717, 1.165) is 37.4 Å². The van der Waals surface area contributed by atoms with E-state index < -0.39 is 0 Å². The summed E-state index contributed by atoms with van der Waals surface area (Å²) in [7, 11) is 3.40. The van der Waals surface area contributed by atoms with Crippen LogP contribution < -0.4 is 9.47 Å². The fourth-order valence-electron chi connectivity index (χ4n) is 4.05. The molecular weight excluding hydrogens is 342 g/mol. The molecule has 5 heteroatoms. The zero-order valence-corrected chi connectivity index (χ0v) is 16.6. The van der Waals surface area contributed by atoms with Gasteiger partial charge in [0, 0.05) is 25.0 Å². The molecule has 2 unspecified atom stereocenters. The fraction of sp³-hybridized carbons (Fsp3) is 0.632. The van der Waals surface area contributed by atoms with Crippen molar-refractivity contribution in [2.45, 2.75) is 39.2 Å². The van der Waals surface area contributed by atoms with Gasteiger partial charge in [0.15, 0.2) is 11.5 Å². The summed E-state index contributed by atoms with van der Waals surface area (Å²) in [4.78, 5) is 3.87. The minimum atomic E-state index is 0. The standard InChI is InChI=1S/C19H27NO2S.ClH/c1-12(2)7-14-11-20-6-5-13-8-17(21-3)18(22-4)9-15(13)16(20)10-19(14)23;/h8-9,12,14,16H,5-7,10-11H2,1-4H3;1H. The Morgan fingerprint density at radius 1 is 1.21 bits per heavy atom. The van der Waals surface area contributed by atoms with E-state index in [2.05, 4.69) is 30.9 Å². The number of benzene rings is 1. The Hall–Kier alpha value is -0.840. The first-order valence-electron chi connectivity index (χ1n) is 8.55. The normalized spacial score (nSPS) is 23.3. The summed E-state index contributed by atoms with van der Waals surface area (Å²) in [6.07, 6.45) is 3.28. The summed E-state index contributed by atoms with van der Waals surface area (Å²) in [6.45, 7) is 6.80. The Bertz CT molecular complexity index is 605. The van der Waals surface area contributed by atoms with E-state index in [1.165, 1.54) is 22.4 Å². The monoisotopic (exact) mass is 369 g/mol. The zero-order valence-electron chi connectivity index (χ0n) is 15.0. The molecular formula is C19H28ClNO2S. The van der Waals surface area contributed by atoms with Crippen molar-refractivity contribution in [3.8, 4) is 11.5 Å². The molecule has 0 amide bonds. The van der Waals surface area contributed by atoms with E-state index in [1.54, 1.807) is 14.2 Å². The van der Waals surface area contributed by atoms with E-state index in [0.29, 0.717) is 17.9 Å². The lowest BCUT2D eigenvalue weighted by atomic mass is 9.80. The van der Waals surface area contributed by atoms with Gasteiger partial charge in [-0.05, 0) is 53.3 Å². The van der Waals surface area contributed by atoms with E-state index in [1.807, 2.05) is 0 Å². The van der Waals surface area contributed by atoms with Crippen molar-refractivity contribution >= 4 is 29.5 Å². The second-order valence-corrected chi connectivity index (χ2v) is 7.69. The Morgan fingerprint density at radius 2 is 1.88 bits per heavy atom. The molecule has 24 heavy (non-hydrogen) atoms. The lowest BCUT2D eigenvalue weighted by Gasteiger charge is -2.44. The number of methoxy groups -OCH3 is 2. The maximum absolute atomic E-state index is 5.77. The molecule has 1 aromatic carbocycles. The number of rotatable bonds is 4. The maximum atomic E-state index is 5.77. The molecule has 2 aliphatic heterocycles. The van der Waals surface area contributed by atoms with Gasteiger partial charge in [-0.1, -0.05) is 26.1 Å². The van der Waals surface area contributed by atoms with Crippen molar-refractivity contribution in [2.24, 2.45) is 11.8 Å². The lowest BCUT2D eigenvalue weighted by Crippen LogP contribution is -2.46. The first-order valence-corrected chi connectivity index (χ1v) is 8.95. The number of piperidine rings is 1. The third-order valence-electron chi connectivity index (χ3n) is 5.17. The Balaban J connectivity index is 0.00000208. The molecule has 1 fully saturated rings. The van der Waals surface area contributed by atoms with Crippen LogP contribution in [0.5, 0.6) is 11.5 Å². The molecule has 2 heterocycles. The summed E-state index contributed by atoms with van der Waals surface area (Å²) in [5, 5.41) is 0. The minimum Gasteiger partial charge on any atom is -0.493 e. The van der Waals surface area contributed by atoms with E-state index in [4.69, 9.17) is 21.7 Å². The molecule has 0 spiro atoms. The van der Waals surface area contributed by atoms with Gasteiger partial charge in [0.1, 0.15) is 0 Å². The van der Waals surface area contributed by atoms with Gasteiger partial charge < -0.3 is 9.47 Å². The topological polar surface area (TPSA) is 21.7 Å². The highest BCUT2D eigenvalue weighted by Crippen LogP contribution is 2.42. The van der Waals surface area contributed by atoms with Gasteiger partial charge in [-0.2, -0.15) is 0 Å². The van der Waals surface area contributed by atoms with Gasteiger partial charge >= 0.3 is 0 Å². The number of ether oxygens (including phenoxy) is 2. The van der Waals surface area contributed by atoms with Crippen molar-refractivity contribution < 1.29 is 9.47 Å². The smallest absolute Gasteiger partial charge is 0.161 e. The van der Waals surface area contributed by atoms with Crippen LogP contribution in [0.4, 0.5) is 0 Å². The highest BCUT2D eigenvalue weighted by molar-refractivity contribution is 7.80. The number of hydrogen-bond donors (Lipinski definition) is 0. The third-order valence-corrected chi connectivity index (χ3v) is 5.67. The van der Waals surface area contributed by atoms with Crippen molar-refractivity contribution in [2.75, 3.05) is 27.3 Å². The van der Waals surface area contributed by atoms with Crippen molar-refractivity contribution in [1.82, 2.24) is 4.90 Å². The van der Waals surface area contributed by atoms with E-state index in [9.17, 15) is 0 Å². The van der Waals surface area contributed by atoms with Crippen LogP contribution >= 0.6 is 24.6 Å². The Kier molecular flexibility index (Phi) is 6.52. The fourth-order valence-corrected chi connectivity index (χ4v) is 4.38. The molecule has 0 aromatic heterocycles. The van der Waals surface area contributed by atoms with Gasteiger partial charge in [-0.3, -0.25) is 4.90 Å². The quantitative estimate of drug-likeness (QED) is 0.730. The molecule has 0 saturated carbocycles. The van der Waals surface area contributed by atoms with Gasteiger partial charge in [-0.25, -0.2) is 0 Å². The van der Waals surface area contributed by atoms with E-state index >= 15 is 0 Å². The van der Waals surface area contributed by atoms with Crippen LogP contribution in [-0.4, -0.2) is 37.1 Å². The number of nitrogens with zero attached hydrogens (tertiary/aromatic N) is 1. The first kappa shape index (κ1) is 19.5. The van der Waals surface area contributed by atoms with Crippen LogP contribution in [0.2, 0.25) is 0 Å². The second-order valence-electron chi connectivity index (χ2n) is 7.16. The van der Waals surface area contributed by atoms with Crippen LogP contribution in [-0.2, 0) is 6.42 Å². The summed E-state index contributed by atoms with van der Waals surface area (Å²) in [6, 6.07) is 4.72. The summed E-state index contributed by atoms with van der Waals surface area (Å²) < 4.78 is 11.0. The van der Waals surface area contributed by atoms with Gasteiger partial charge in [0.05, 0.1) is 14.2 Å². The molecule has 0 radical (unpaired) electrons. The predicted molar refractivity (Wildman–Crippen MR) is 105 cm³/mol. The highest BCUT2D eigenvalue weighted by Gasteiger charge is 2.36. The predicted octanol–water partition coefficient (Wildman–Crippen LogP) is 4.46. The number of fused-ring (bicyclic) bond motifs is 3. The SMILES string of the molecule is COc1cc2c(cc1OC)C1CC(=S)C(CC(C)C)CN1CC2.Cl. The Labute approximate surface area is 157 Å². The van der Waals surface area contributed by atoms with Gasteiger partial charge in [0.25, 0.3) is 0 Å². The summed E-state index contributed by atoms with van der Waals surface area (Å²) in [5.74, 6) is 2.93. The Morgan fingerprint density at radius 3 is 2.50 bits per heavy atom. The number of halogens is 1. The van der Waals surface area contributed by atoms with Crippen LogP contribution in [0, 0.1) is 11.8 Å². The molecule has 134 valence electrons. The van der Waals surface area contributed by atoms with Crippen molar-refractivity contribution in [3.05, 3.63) is 23.3 Å². The molecule has 1 saturated heterocycles. The average molecular weight is 370 g/mol. The molecule has 3 nitrogen and oxygen atoms in total. The minimum absolute atomic E-state index is 0. The largest absolute Gasteiger partial charge is 0.493 e. The molecule has 0 N–H and O–H groups in total. The number of hydrogen-bond acceptors (Lipinski definition) is 4. The summed E-state index contributed by atoms with van der Waals surface area (Å²) in [5.41, 5.74) is 2.76. The van der Waals surface area contributed by atoms with Crippen molar-refractivity contribution in [3.63, 3.8) is 0 Å². The lowest BCUT2D eigenvalue weighted by molar-refractivity contribution is 0.149. The van der Waals surface area contributed by atoms with Gasteiger partial charge in [0.2, 0.25) is 0 Å². The number of thiocarbonyl (C=S) groups is 1. The maximum Gasteiger partial charge on any atom is 0.161 e. The summed E-state index contributed by atoms with van der Waals surface area (Å²) >= 11 is 5.77. The highest BCUT2D eigenvalue weighted by atomic mass is 35.5. The van der Waals surface area contributed by atoms with E-state index in [-0.39, 0.29) is 12.4 Å². The molecule has 2 atom stereocenters. The molecule has 2 aliphatic rings. The third kappa shape index (κ3) is 3.71. The zero-order chi connectivity index (χ0) is 16.6. The molecule has 0 aliphatic carbocycles. The van der Waals surface area contributed by atoms with Crippen molar-refractivity contribution in [1.29, 1.82) is 0 Å². The average Bonchev–Trinajstić information content (AvgIpc) is 2.53. The second kappa shape index (κ2) is 8.03. The van der Waals surface area contributed by atoms with Crippen LogP contribution in [0.25, 0.3) is 0 Å².